The molecular weight excluding hydrogens is 668 g/mol. The summed E-state index contributed by atoms with van der Waals surface area (Å²) in [5.74, 6) is -0.934. The summed E-state index contributed by atoms with van der Waals surface area (Å²) < 4.78 is 22.0. The third-order valence-electron chi connectivity index (χ3n) is 7.80. The molecule has 2 unspecified atom stereocenters. The van der Waals surface area contributed by atoms with Crippen molar-refractivity contribution in [1.82, 2.24) is 10.6 Å². The molecule has 14 nitrogen and oxygen atoms in total. The van der Waals surface area contributed by atoms with Gasteiger partial charge in [-0.05, 0) is 49.4 Å². The number of phenolic OH excluding ortho intramolecular Hbond substituents is 2. The molecule has 1 aliphatic heterocycles. The van der Waals surface area contributed by atoms with Crippen molar-refractivity contribution >= 4 is 34.8 Å². The van der Waals surface area contributed by atoms with Crippen molar-refractivity contribution < 1.29 is 38.7 Å². The van der Waals surface area contributed by atoms with Crippen molar-refractivity contribution in [3.63, 3.8) is 0 Å². The lowest BCUT2D eigenvalue weighted by Crippen LogP contribution is -2.56. The van der Waals surface area contributed by atoms with Crippen LogP contribution in [0.2, 0.25) is 5.02 Å². The summed E-state index contributed by atoms with van der Waals surface area (Å²) in [5.41, 5.74) is 16.2. The molecule has 50 heavy (non-hydrogen) atoms. The van der Waals surface area contributed by atoms with Gasteiger partial charge in [0.25, 0.3) is 5.91 Å². The highest BCUT2D eigenvalue weighted by atomic mass is 35.5. The summed E-state index contributed by atoms with van der Waals surface area (Å²) in [6.07, 6.45) is -1.13. The van der Waals surface area contributed by atoms with Gasteiger partial charge in [-0.3, -0.25) is 14.6 Å². The lowest BCUT2D eigenvalue weighted by Gasteiger charge is -2.36. The predicted molar refractivity (Wildman–Crippen MR) is 190 cm³/mol. The summed E-state index contributed by atoms with van der Waals surface area (Å²) in [7, 11) is 1.59. The first kappa shape index (κ1) is 38.4. The van der Waals surface area contributed by atoms with E-state index in [4.69, 9.17) is 47.0 Å². The van der Waals surface area contributed by atoms with Crippen LogP contribution < -0.4 is 31.7 Å². The standard InChI is InChI=1S/C35H45ClN6O8/c1-22(37)42-29-11-10-25(47-2)20-27(29)32(23-6-8-24(36)9-7-23)41-28(34(42)38)21-31(44)39-12-14-48-16-18-50-19-17-49-15-13-40-35(46)26-4-3-5-30(43)33(26)45/h3-11,20,22,28,34,43,45H,12-19,21,37-38H2,1-2H3,(H,39,44)(H,40,46)/t22?,28-,34?/m0/s1. The van der Waals surface area contributed by atoms with Crippen molar-refractivity contribution in [2.75, 3.05) is 64.7 Å². The lowest BCUT2D eigenvalue weighted by atomic mass is 9.99. The number of hydrogen-bond donors (Lipinski definition) is 6. The van der Waals surface area contributed by atoms with Gasteiger partial charge in [0, 0.05) is 34.9 Å². The number of fused-ring (bicyclic) bond motifs is 1. The van der Waals surface area contributed by atoms with Gasteiger partial charge in [0.1, 0.15) is 11.9 Å². The molecule has 8 N–H and O–H groups in total. The molecule has 1 aliphatic rings. The van der Waals surface area contributed by atoms with E-state index in [9.17, 15) is 19.8 Å². The number of aromatic hydroxyl groups is 2. The Bertz CT molecular complexity index is 1610. The third kappa shape index (κ3) is 10.5. The second kappa shape index (κ2) is 19.1. The maximum Gasteiger partial charge on any atom is 0.255 e. The average Bonchev–Trinajstić information content (AvgIpc) is 3.21. The van der Waals surface area contributed by atoms with Crippen LogP contribution in [0.15, 0.2) is 65.7 Å². The van der Waals surface area contributed by atoms with E-state index < -0.39 is 30.0 Å². The first-order chi connectivity index (χ1) is 24.1. The Hall–Kier alpha value is -4.44. The summed E-state index contributed by atoms with van der Waals surface area (Å²) in [5, 5.41) is 25.3. The number of amides is 2. The number of para-hydroxylation sites is 1. The first-order valence-corrected chi connectivity index (χ1v) is 16.6. The lowest BCUT2D eigenvalue weighted by molar-refractivity contribution is -0.121. The molecular formula is C35H45ClN6O8. The van der Waals surface area contributed by atoms with Crippen molar-refractivity contribution in [2.45, 2.75) is 31.7 Å². The van der Waals surface area contributed by atoms with E-state index >= 15 is 0 Å². The number of benzodiazepines with no additional fused rings is 1. The number of nitrogens with one attached hydrogen (secondary N) is 2. The SMILES string of the molecule is COc1ccc2c(c1)C(c1ccc(Cl)cc1)=N[C@@H](CC(=O)NCCOCCOCCOCCNC(=O)c1cccc(O)c1O)C(N)N2C(C)N. The van der Waals surface area contributed by atoms with E-state index in [0.29, 0.717) is 42.9 Å². The van der Waals surface area contributed by atoms with Gasteiger partial charge in [0.05, 0.1) is 76.7 Å². The molecule has 1 heterocycles. The molecule has 3 atom stereocenters. The summed E-state index contributed by atoms with van der Waals surface area (Å²) in [6, 6.07) is 16.5. The summed E-state index contributed by atoms with van der Waals surface area (Å²) in [4.78, 5) is 32.0. The minimum atomic E-state index is -0.687. The fourth-order valence-electron chi connectivity index (χ4n) is 5.32. The van der Waals surface area contributed by atoms with Gasteiger partial charge < -0.3 is 56.2 Å². The monoisotopic (exact) mass is 712 g/mol. The highest BCUT2D eigenvalue weighted by molar-refractivity contribution is 6.30. The Balaban J connectivity index is 1.18. The highest BCUT2D eigenvalue weighted by Gasteiger charge is 2.34. The number of hydrogen-bond acceptors (Lipinski definition) is 12. The predicted octanol–water partition coefficient (Wildman–Crippen LogP) is 2.36. The zero-order valence-corrected chi connectivity index (χ0v) is 28.9. The van der Waals surface area contributed by atoms with Crippen LogP contribution in [0.25, 0.3) is 0 Å². The van der Waals surface area contributed by atoms with Crippen LogP contribution in [0.4, 0.5) is 5.69 Å². The van der Waals surface area contributed by atoms with Crippen molar-refractivity contribution in [1.29, 1.82) is 0 Å². The molecule has 0 spiro atoms. The van der Waals surface area contributed by atoms with E-state index in [2.05, 4.69) is 10.6 Å². The van der Waals surface area contributed by atoms with Crippen LogP contribution in [-0.4, -0.2) is 106 Å². The van der Waals surface area contributed by atoms with Gasteiger partial charge in [0.2, 0.25) is 5.91 Å². The molecule has 0 aromatic heterocycles. The van der Waals surface area contributed by atoms with Crippen LogP contribution in [0.3, 0.4) is 0 Å². The number of carbonyl (C=O) groups excluding carboxylic acids is 2. The number of nitrogens with zero attached hydrogens (tertiary/aromatic N) is 2. The van der Waals surface area contributed by atoms with E-state index in [1.807, 2.05) is 42.2 Å². The summed E-state index contributed by atoms with van der Waals surface area (Å²) in [6.45, 7) is 4.18. The van der Waals surface area contributed by atoms with E-state index in [0.717, 1.165) is 16.8 Å². The smallest absolute Gasteiger partial charge is 0.255 e. The van der Waals surface area contributed by atoms with Crippen LogP contribution in [-0.2, 0) is 19.0 Å². The molecule has 0 radical (unpaired) electrons. The number of ether oxygens (including phenoxy) is 4. The normalized spacial score (nSPS) is 16.2. The number of anilines is 1. The Kier molecular flexibility index (Phi) is 14.6. The van der Waals surface area contributed by atoms with Gasteiger partial charge in [-0.25, -0.2) is 0 Å². The largest absolute Gasteiger partial charge is 0.504 e. The number of carbonyl (C=O) groups is 2. The zero-order chi connectivity index (χ0) is 36.0. The first-order valence-electron chi connectivity index (χ1n) is 16.2. The van der Waals surface area contributed by atoms with Crippen molar-refractivity contribution in [3.05, 3.63) is 82.4 Å². The van der Waals surface area contributed by atoms with E-state index in [1.54, 1.807) is 19.2 Å². The quantitative estimate of drug-likeness (QED) is 0.0835. The highest BCUT2D eigenvalue weighted by Crippen LogP contribution is 2.34. The molecule has 0 saturated carbocycles. The van der Waals surface area contributed by atoms with Crippen LogP contribution in [0, 0.1) is 0 Å². The number of nitrogens with two attached hydrogens (primary N) is 2. The van der Waals surface area contributed by atoms with Gasteiger partial charge in [-0.1, -0.05) is 29.8 Å². The minimum Gasteiger partial charge on any atom is -0.504 e. The number of aliphatic imine (C=N–C) groups is 1. The molecule has 3 aromatic rings. The molecule has 4 rings (SSSR count). The number of methoxy groups -OCH3 is 1. The Morgan fingerprint density at radius 3 is 2.22 bits per heavy atom. The number of rotatable bonds is 18. The van der Waals surface area contributed by atoms with Crippen LogP contribution in [0.1, 0.15) is 34.8 Å². The van der Waals surface area contributed by atoms with E-state index in [1.165, 1.54) is 18.2 Å². The van der Waals surface area contributed by atoms with E-state index in [-0.39, 0.29) is 49.9 Å². The summed E-state index contributed by atoms with van der Waals surface area (Å²) >= 11 is 6.17. The fourth-order valence-corrected chi connectivity index (χ4v) is 5.45. The average molecular weight is 713 g/mol. The van der Waals surface area contributed by atoms with Gasteiger partial charge in [-0.15, -0.1) is 0 Å². The minimum absolute atomic E-state index is 0.0174. The Morgan fingerprint density at radius 2 is 1.58 bits per heavy atom. The fraction of sp³-hybridized carbons (Fsp3) is 0.400. The van der Waals surface area contributed by atoms with Crippen molar-refractivity contribution in [2.24, 2.45) is 16.5 Å². The van der Waals surface area contributed by atoms with Gasteiger partial charge >= 0.3 is 0 Å². The molecule has 3 aromatic carbocycles. The number of benzene rings is 3. The molecule has 0 aliphatic carbocycles. The number of phenols is 2. The molecule has 15 heteroatoms. The van der Waals surface area contributed by atoms with Gasteiger partial charge in [-0.2, -0.15) is 0 Å². The Labute approximate surface area is 296 Å². The third-order valence-corrected chi connectivity index (χ3v) is 8.05. The maximum atomic E-state index is 13.1. The topological polar surface area (TPSA) is 203 Å². The second-order valence-electron chi connectivity index (χ2n) is 11.4. The van der Waals surface area contributed by atoms with Crippen LogP contribution >= 0.6 is 11.6 Å². The number of halogens is 1. The van der Waals surface area contributed by atoms with Crippen molar-refractivity contribution in [3.8, 4) is 17.2 Å². The zero-order valence-electron chi connectivity index (χ0n) is 28.1. The van der Waals surface area contributed by atoms with Crippen LogP contribution in [0.5, 0.6) is 17.2 Å². The molecule has 270 valence electrons. The Morgan fingerprint density at radius 1 is 0.940 bits per heavy atom. The second-order valence-corrected chi connectivity index (χ2v) is 11.8. The molecule has 0 fully saturated rings. The molecule has 0 saturated heterocycles. The maximum absolute atomic E-state index is 13.1. The van der Waals surface area contributed by atoms with Gasteiger partial charge in [0.15, 0.2) is 11.5 Å². The molecule has 0 bridgehead atoms. The molecule has 2 amide bonds.